The van der Waals surface area contributed by atoms with E-state index in [1.165, 1.54) is 45.2 Å². The number of rotatable bonds is 5. The second kappa shape index (κ2) is 8.94. The Bertz CT molecular complexity index is 975. The van der Waals surface area contributed by atoms with Crippen LogP contribution < -0.4 is 16.2 Å². The van der Waals surface area contributed by atoms with Gasteiger partial charge in [-0.25, -0.2) is 4.79 Å². The van der Waals surface area contributed by atoms with E-state index in [1.807, 2.05) is 0 Å². The highest BCUT2D eigenvalue weighted by Gasteiger charge is 2.35. The number of hydrazine groups is 1. The number of para-hydroxylation sites is 1. The van der Waals surface area contributed by atoms with Crippen LogP contribution in [0.2, 0.25) is 0 Å². The average Bonchev–Trinajstić information content (AvgIpc) is 2.71. The Balaban J connectivity index is 2.12. The average molecular weight is 438 g/mol. The van der Waals surface area contributed by atoms with Crippen molar-refractivity contribution in [3.63, 3.8) is 0 Å². The molecule has 2 aromatic carbocycles. The minimum absolute atomic E-state index is 0.104. The summed E-state index contributed by atoms with van der Waals surface area (Å²) in [4.78, 5) is 36.7. The van der Waals surface area contributed by atoms with Gasteiger partial charge in [-0.3, -0.25) is 25.3 Å². The van der Waals surface area contributed by atoms with Crippen LogP contribution in [-0.4, -0.2) is 40.5 Å². The first-order valence-electron chi connectivity index (χ1n) is 8.95. The van der Waals surface area contributed by atoms with Crippen LogP contribution in [0.3, 0.4) is 0 Å². The molecule has 11 heteroatoms. The largest absolute Gasteiger partial charge is 0.465 e. The molecule has 0 unspecified atom stereocenters. The number of halogens is 3. The number of hydrogen-bond donors (Lipinski definition) is 4. The van der Waals surface area contributed by atoms with Crippen LogP contribution in [0, 0.1) is 0 Å². The fourth-order valence-corrected chi connectivity index (χ4v) is 2.41. The van der Waals surface area contributed by atoms with Crippen molar-refractivity contribution in [3.05, 3.63) is 59.7 Å². The van der Waals surface area contributed by atoms with Gasteiger partial charge in [0.2, 0.25) is 0 Å². The number of nitrogens with one attached hydrogen (secondary N) is 3. The number of carboxylic acid groups (broad SMARTS) is 1. The number of amides is 3. The van der Waals surface area contributed by atoms with Crippen LogP contribution >= 0.6 is 0 Å². The summed E-state index contributed by atoms with van der Waals surface area (Å²) in [7, 11) is 1.22. The summed E-state index contributed by atoms with van der Waals surface area (Å²) in [5.74, 6) is -1.48. The molecule has 2 aromatic rings. The lowest BCUT2D eigenvalue weighted by molar-refractivity contribution is -0.137. The number of alkyl halides is 3. The predicted molar refractivity (Wildman–Crippen MR) is 107 cm³/mol. The smallest absolute Gasteiger partial charge is 0.416 e. The number of likely N-dealkylation sites (N-methyl/N-ethyl adjacent to an activating group) is 1. The van der Waals surface area contributed by atoms with E-state index in [2.05, 4.69) is 16.2 Å². The Kier molecular flexibility index (Phi) is 6.78. The molecule has 0 aliphatic carbocycles. The van der Waals surface area contributed by atoms with Crippen molar-refractivity contribution >= 4 is 29.3 Å². The van der Waals surface area contributed by atoms with E-state index >= 15 is 0 Å². The molecule has 0 heterocycles. The van der Waals surface area contributed by atoms with Gasteiger partial charge in [0.15, 0.2) is 0 Å². The lowest BCUT2D eigenvalue weighted by atomic mass is 10.0. The SMILES string of the molecule is CN(C(=O)O)C(C)(C)C(=O)NNC(=O)c1ccccc1Nc1ccc(C(F)(F)F)cc1. The molecular formula is C20H21F3N4O4. The fraction of sp³-hybridized carbons (Fsp3) is 0.250. The lowest BCUT2D eigenvalue weighted by Gasteiger charge is -2.31. The quantitative estimate of drug-likeness (QED) is 0.533. The third kappa shape index (κ3) is 5.65. The third-order valence-corrected chi connectivity index (χ3v) is 4.63. The number of benzene rings is 2. The molecule has 0 saturated carbocycles. The predicted octanol–water partition coefficient (Wildman–Crippen LogP) is 3.60. The van der Waals surface area contributed by atoms with E-state index in [0.29, 0.717) is 5.69 Å². The molecule has 4 N–H and O–H groups in total. The Hall–Kier alpha value is -3.76. The number of hydrogen-bond acceptors (Lipinski definition) is 4. The van der Waals surface area contributed by atoms with Gasteiger partial charge in [-0.2, -0.15) is 13.2 Å². The van der Waals surface area contributed by atoms with Gasteiger partial charge in [0.25, 0.3) is 11.8 Å². The van der Waals surface area contributed by atoms with E-state index in [1.54, 1.807) is 12.1 Å². The minimum Gasteiger partial charge on any atom is -0.465 e. The van der Waals surface area contributed by atoms with Gasteiger partial charge < -0.3 is 10.4 Å². The second-order valence-electron chi connectivity index (χ2n) is 7.05. The van der Waals surface area contributed by atoms with Gasteiger partial charge in [0, 0.05) is 12.7 Å². The maximum absolute atomic E-state index is 12.7. The zero-order valence-corrected chi connectivity index (χ0v) is 16.9. The number of anilines is 2. The molecule has 0 atom stereocenters. The molecule has 2 rings (SSSR count). The van der Waals surface area contributed by atoms with Gasteiger partial charge in [-0.15, -0.1) is 0 Å². The third-order valence-electron chi connectivity index (χ3n) is 4.63. The molecule has 0 aromatic heterocycles. The summed E-state index contributed by atoms with van der Waals surface area (Å²) >= 11 is 0. The maximum Gasteiger partial charge on any atom is 0.416 e. The van der Waals surface area contributed by atoms with Gasteiger partial charge in [0.1, 0.15) is 5.54 Å². The molecule has 31 heavy (non-hydrogen) atoms. The summed E-state index contributed by atoms with van der Waals surface area (Å²) in [6.45, 7) is 2.73. The Morgan fingerprint density at radius 2 is 1.52 bits per heavy atom. The molecule has 8 nitrogen and oxygen atoms in total. The Morgan fingerprint density at radius 1 is 0.935 bits per heavy atom. The monoisotopic (exact) mass is 438 g/mol. The van der Waals surface area contributed by atoms with Crippen molar-refractivity contribution in [2.24, 2.45) is 0 Å². The van der Waals surface area contributed by atoms with Crippen LogP contribution in [0.1, 0.15) is 29.8 Å². The van der Waals surface area contributed by atoms with Crippen molar-refractivity contribution in [3.8, 4) is 0 Å². The Morgan fingerprint density at radius 3 is 2.06 bits per heavy atom. The normalized spacial score (nSPS) is 11.4. The summed E-state index contributed by atoms with van der Waals surface area (Å²) in [5.41, 5.74) is 2.83. The van der Waals surface area contributed by atoms with Gasteiger partial charge in [-0.1, -0.05) is 12.1 Å². The van der Waals surface area contributed by atoms with Crippen LogP contribution in [0.15, 0.2) is 48.5 Å². The summed E-state index contributed by atoms with van der Waals surface area (Å²) in [5, 5.41) is 11.9. The Labute approximate surface area is 176 Å². The zero-order chi connectivity index (χ0) is 23.4. The van der Waals surface area contributed by atoms with Gasteiger partial charge >= 0.3 is 12.3 Å². The maximum atomic E-state index is 12.7. The topological polar surface area (TPSA) is 111 Å². The van der Waals surface area contributed by atoms with Crippen molar-refractivity contribution < 1.29 is 32.7 Å². The van der Waals surface area contributed by atoms with Gasteiger partial charge in [-0.05, 0) is 50.2 Å². The van der Waals surface area contributed by atoms with Crippen molar-refractivity contribution in [1.82, 2.24) is 15.8 Å². The highest BCUT2D eigenvalue weighted by molar-refractivity contribution is 6.01. The van der Waals surface area contributed by atoms with E-state index in [0.717, 1.165) is 17.0 Å². The van der Waals surface area contributed by atoms with E-state index in [4.69, 9.17) is 5.11 Å². The van der Waals surface area contributed by atoms with E-state index in [9.17, 15) is 27.6 Å². The van der Waals surface area contributed by atoms with Crippen LogP contribution in [0.25, 0.3) is 0 Å². The van der Waals surface area contributed by atoms with Crippen LogP contribution in [0.5, 0.6) is 0 Å². The van der Waals surface area contributed by atoms with Gasteiger partial charge in [0.05, 0.1) is 16.8 Å². The highest BCUT2D eigenvalue weighted by atomic mass is 19.4. The first-order valence-corrected chi connectivity index (χ1v) is 8.95. The zero-order valence-electron chi connectivity index (χ0n) is 16.9. The molecule has 3 amide bonds. The van der Waals surface area contributed by atoms with E-state index < -0.39 is 35.2 Å². The first kappa shape index (κ1) is 23.5. The molecule has 0 radical (unpaired) electrons. The molecule has 0 aliphatic rings. The number of carbonyl (C=O) groups excluding carboxylic acids is 2. The molecule has 0 bridgehead atoms. The molecule has 0 spiro atoms. The standard InChI is InChI=1S/C20H21F3N4O4/c1-19(2,27(3)18(30)31)17(29)26-25-16(28)14-6-4-5-7-15(14)24-13-10-8-12(9-11-13)20(21,22)23/h4-11,24H,1-3H3,(H,25,28)(H,26,29)(H,30,31). The van der Waals surface area contributed by atoms with Crippen LogP contribution in [0.4, 0.5) is 29.3 Å². The summed E-state index contributed by atoms with van der Waals surface area (Å²) in [6.07, 6.45) is -5.78. The molecule has 0 fully saturated rings. The molecule has 0 saturated heterocycles. The molecular weight excluding hydrogens is 417 g/mol. The number of carbonyl (C=O) groups is 3. The lowest BCUT2D eigenvalue weighted by Crippen LogP contribution is -2.58. The van der Waals surface area contributed by atoms with Crippen molar-refractivity contribution in [1.29, 1.82) is 0 Å². The van der Waals surface area contributed by atoms with E-state index in [-0.39, 0.29) is 11.3 Å². The van der Waals surface area contributed by atoms with Crippen LogP contribution in [-0.2, 0) is 11.0 Å². The second-order valence-corrected chi connectivity index (χ2v) is 7.05. The fourth-order valence-electron chi connectivity index (χ4n) is 2.41. The highest BCUT2D eigenvalue weighted by Crippen LogP contribution is 2.30. The summed E-state index contributed by atoms with van der Waals surface area (Å²) in [6, 6.07) is 10.4. The molecule has 0 aliphatic heterocycles. The number of nitrogens with zero attached hydrogens (tertiary/aromatic N) is 1. The minimum atomic E-state index is -4.46. The van der Waals surface area contributed by atoms with Crippen molar-refractivity contribution in [2.45, 2.75) is 25.6 Å². The first-order chi connectivity index (χ1) is 14.3. The summed E-state index contributed by atoms with van der Waals surface area (Å²) < 4.78 is 38.1. The molecule has 166 valence electrons. The van der Waals surface area contributed by atoms with Crippen molar-refractivity contribution in [2.75, 3.05) is 12.4 Å².